The number of halogens is 1. The monoisotopic (exact) mass is 843 g/mol. The maximum Gasteiger partial charge on any atom is 0.274 e. The summed E-state index contributed by atoms with van der Waals surface area (Å²) in [6.07, 6.45) is 6.20. The predicted molar refractivity (Wildman–Crippen MR) is 211 cm³/mol. The van der Waals surface area contributed by atoms with Gasteiger partial charge < -0.3 is 30.7 Å². The highest BCUT2D eigenvalue weighted by Gasteiger charge is 2.47. The summed E-state index contributed by atoms with van der Waals surface area (Å²) in [6.45, 7) is 5.48. The highest BCUT2D eigenvalue weighted by molar-refractivity contribution is 14.1. The molecule has 16 heteroatoms. The number of rotatable bonds is 11. The second kappa shape index (κ2) is 13.9. The van der Waals surface area contributed by atoms with Gasteiger partial charge in [0.05, 0.1) is 35.0 Å². The molecular formula is C38H42IN11O4. The minimum atomic E-state index is -0.521. The number of amides is 4. The molecule has 8 rings (SSSR count). The number of carbonyl (C=O) groups is 4. The largest absolute Gasteiger partial charge is 0.353 e. The molecule has 15 nitrogen and oxygen atoms in total. The molecule has 2 saturated carbocycles. The number of fused-ring (bicyclic) bond motifs is 3. The molecule has 3 aromatic heterocycles. The van der Waals surface area contributed by atoms with Gasteiger partial charge in [0, 0.05) is 62.9 Å². The Morgan fingerprint density at radius 2 is 1.70 bits per heavy atom. The number of pyridine rings is 1. The van der Waals surface area contributed by atoms with Gasteiger partial charge in [-0.05, 0) is 79.8 Å². The van der Waals surface area contributed by atoms with Crippen molar-refractivity contribution in [3.63, 3.8) is 0 Å². The molecule has 1 saturated heterocycles. The molecule has 4 amide bonds. The standard InChI is InChI=1S/C38H42IN11O4/c1-5-38(39)33-25(18-40-50(33)23-19-49(20-23)37(54)28-12-8-11-27(43-28)36(53)47(3)6-2)24-9-7-10-26(32(24)48(38)4)42-29-17-30(44-34(51)21-13-14-21)45-46-31(29)35(52)41-22-15-16-22/h7-12,17-18,21-23H,5-6,13-16,19-20H2,1-4H3,(H,41,52)(H2,42,44,45,51)/t38-/m0/s1. The molecule has 0 radical (unpaired) electrons. The van der Waals surface area contributed by atoms with Crippen LogP contribution in [0.5, 0.6) is 0 Å². The van der Waals surface area contributed by atoms with Gasteiger partial charge in [0.2, 0.25) is 5.91 Å². The van der Waals surface area contributed by atoms with E-state index in [1.54, 1.807) is 41.1 Å². The molecule has 4 aliphatic rings. The minimum absolute atomic E-state index is 0.0147. The van der Waals surface area contributed by atoms with Crippen LogP contribution < -0.4 is 20.9 Å². The number of hydrogen-bond donors (Lipinski definition) is 3. The van der Waals surface area contributed by atoms with Gasteiger partial charge in [0.25, 0.3) is 17.7 Å². The van der Waals surface area contributed by atoms with E-state index in [0.717, 1.165) is 60.3 Å². The molecule has 3 fully saturated rings. The highest BCUT2D eigenvalue weighted by atomic mass is 127. The van der Waals surface area contributed by atoms with Crippen molar-refractivity contribution in [3.05, 3.63) is 71.4 Å². The molecule has 0 spiro atoms. The summed E-state index contributed by atoms with van der Waals surface area (Å²) in [7, 11) is 3.76. The summed E-state index contributed by atoms with van der Waals surface area (Å²) in [5, 5.41) is 22.8. The van der Waals surface area contributed by atoms with Gasteiger partial charge in [-0.25, -0.2) is 4.98 Å². The lowest BCUT2D eigenvalue weighted by Gasteiger charge is -2.46. The number of nitrogens with one attached hydrogen (secondary N) is 3. The Kier molecular flexibility index (Phi) is 9.26. The minimum Gasteiger partial charge on any atom is -0.353 e. The Hall–Kier alpha value is -5.13. The SMILES string of the molecule is CCN(C)C(=O)c1cccc(C(=O)N2CC(n3ncc4c3[C@](I)(CC)N(C)c3c(Nc5cc(NC(=O)C6CC6)nnc5C(=O)NC5CC5)cccc3-4)C2)n1. The zero-order valence-corrected chi connectivity index (χ0v) is 32.8. The van der Waals surface area contributed by atoms with Crippen LogP contribution >= 0.6 is 22.6 Å². The number of nitrogens with zero attached hydrogens (tertiary/aromatic N) is 8. The normalized spacial score (nSPS) is 19.0. The fourth-order valence-corrected chi connectivity index (χ4v) is 7.83. The third-order valence-electron chi connectivity index (χ3n) is 10.7. The number of para-hydroxylation sites is 1. The lowest BCUT2D eigenvalue weighted by molar-refractivity contribution is -0.117. The maximum atomic E-state index is 13.5. The third-order valence-corrected chi connectivity index (χ3v) is 12.7. The number of hydrogen-bond acceptors (Lipinski definition) is 10. The van der Waals surface area contributed by atoms with Crippen LogP contribution in [-0.2, 0) is 8.34 Å². The Morgan fingerprint density at radius 3 is 2.41 bits per heavy atom. The quantitative estimate of drug-likeness (QED) is 0.107. The first-order valence-corrected chi connectivity index (χ1v) is 19.5. The Bertz CT molecular complexity index is 2180. The van der Waals surface area contributed by atoms with Gasteiger partial charge in [-0.3, -0.25) is 23.9 Å². The zero-order chi connectivity index (χ0) is 37.9. The Balaban J connectivity index is 1.08. The van der Waals surface area contributed by atoms with Crippen molar-refractivity contribution < 1.29 is 19.2 Å². The van der Waals surface area contributed by atoms with Crippen molar-refractivity contribution in [2.24, 2.45) is 5.92 Å². The Morgan fingerprint density at radius 1 is 0.963 bits per heavy atom. The van der Waals surface area contributed by atoms with Crippen LogP contribution in [0, 0.1) is 5.92 Å². The van der Waals surface area contributed by atoms with Gasteiger partial charge in [0.1, 0.15) is 14.9 Å². The molecule has 0 bridgehead atoms. The topological polar surface area (TPSA) is 171 Å². The zero-order valence-electron chi connectivity index (χ0n) is 30.6. The molecule has 3 N–H and O–H groups in total. The summed E-state index contributed by atoms with van der Waals surface area (Å²) in [5.41, 5.74) is 5.76. The lowest BCUT2D eigenvalue weighted by Crippen LogP contribution is -2.53. The van der Waals surface area contributed by atoms with Crippen molar-refractivity contribution >= 4 is 69.1 Å². The Labute approximate surface area is 326 Å². The number of carbonyl (C=O) groups excluding carboxylic acids is 4. The molecule has 1 aromatic carbocycles. The molecule has 54 heavy (non-hydrogen) atoms. The summed E-state index contributed by atoms with van der Waals surface area (Å²) in [6, 6.07) is 12.7. The van der Waals surface area contributed by atoms with Crippen molar-refractivity contribution in [2.45, 2.75) is 61.6 Å². The summed E-state index contributed by atoms with van der Waals surface area (Å²) >= 11 is 2.50. The molecule has 1 atom stereocenters. The van der Waals surface area contributed by atoms with Crippen molar-refractivity contribution in [1.82, 2.24) is 40.1 Å². The highest BCUT2D eigenvalue weighted by Crippen LogP contribution is 2.55. The second-order valence-electron chi connectivity index (χ2n) is 14.4. The van der Waals surface area contributed by atoms with Crippen molar-refractivity contribution in [1.29, 1.82) is 0 Å². The van der Waals surface area contributed by atoms with E-state index in [4.69, 9.17) is 5.10 Å². The average Bonchev–Trinajstić information content (AvgIpc) is 4.11. The first-order chi connectivity index (χ1) is 26.0. The molecule has 0 unspecified atom stereocenters. The van der Waals surface area contributed by atoms with Gasteiger partial charge in [-0.1, -0.05) is 25.1 Å². The van der Waals surface area contributed by atoms with Gasteiger partial charge >= 0.3 is 0 Å². The molecule has 2 aliphatic heterocycles. The fraction of sp³-hybridized carbons (Fsp3) is 0.421. The van der Waals surface area contributed by atoms with E-state index < -0.39 is 3.55 Å². The van der Waals surface area contributed by atoms with E-state index in [1.807, 2.05) is 25.3 Å². The number of benzene rings is 1. The number of anilines is 4. The van der Waals surface area contributed by atoms with E-state index in [9.17, 15) is 19.2 Å². The molecule has 2 aliphatic carbocycles. The van der Waals surface area contributed by atoms with E-state index in [1.165, 1.54) is 0 Å². The lowest BCUT2D eigenvalue weighted by atomic mass is 9.91. The number of alkyl halides is 1. The van der Waals surface area contributed by atoms with Gasteiger partial charge in [0.15, 0.2) is 11.5 Å². The number of likely N-dealkylation sites (tertiary alicyclic amines) is 1. The first kappa shape index (κ1) is 35.9. The van der Waals surface area contributed by atoms with E-state index in [-0.39, 0.29) is 64.5 Å². The first-order valence-electron chi connectivity index (χ1n) is 18.4. The van der Waals surface area contributed by atoms with Crippen LogP contribution in [0.15, 0.2) is 48.7 Å². The van der Waals surface area contributed by atoms with Gasteiger partial charge in [-0.2, -0.15) is 5.10 Å². The van der Waals surface area contributed by atoms with Crippen LogP contribution in [0.25, 0.3) is 11.1 Å². The summed E-state index contributed by atoms with van der Waals surface area (Å²) in [5.74, 6) is -0.594. The molecule has 280 valence electrons. The van der Waals surface area contributed by atoms with Crippen LogP contribution in [0.4, 0.5) is 22.9 Å². The summed E-state index contributed by atoms with van der Waals surface area (Å²) < 4.78 is 1.53. The van der Waals surface area contributed by atoms with E-state index in [2.05, 4.69) is 83.3 Å². The molecule has 4 aromatic rings. The molecular weight excluding hydrogens is 801 g/mol. The van der Waals surface area contributed by atoms with Crippen LogP contribution in [-0.4, -0.2) is 98.2 Å². The van der Waals surface area contributed by atoms with E-state index in [0.29, 0.717) is 25.3 Å². The molecule has 5 heterocycles. The van der Waals surface area contributed by atoms with Crippen molar-refractivity contribution in [3.8, 4) is 11.1 Å². The number of aromatic nitrogens is 5. The average molecular weight is 844 g/mol. The van der Waals surface area contributed by atoms with Crippen LogP contribution in [0.1, 0.15) is 89.2 Å². The van der Waals surface area contributed by atoms with Gasteiger partial charge in [-0.15, -0.1) is 10.2 Å². The fourth-order valence-electron chi connectivity index (χ4n) is 7.05. The van der Waals surface area contributed by atoms with Crippen LogP contribution in [0.3, 0.4) is 0 Å². The van der Waals surface area contributed by atoms with Crippen molar-refractivity contribution in [2.75, 3.05) is 49.3 Å². The third kappa shape index (κ3) is 6.43. The van der Waals surface area contributed by atoms with Crippen LogP contribution in [0.2, 0.25) is 0 Å². The second-order valence-corrected chi connectivity index (χ2v) is 16.2. The van der Waals surface area contributed by atoms with E-state index >= 15 is 0 Å². The summed E-state index contributed by atoms with van der Waals surface area (Å²) in [4.78, 5) is 62.1. The smallest absolute Gasteiger partial charge is 0.274 e. The predicted octanol–water partition coefficient (Wildman–Crippen LogP) is 4.96. The maximum absolute atomic E-state index is 13.5.